The summed E-state index contributed by atoms with van der Waals surface area (Å²) in [5.41, 5.74) is 2.27. The Morgan fingerprint density at radius 2 is 2.12 bits per heavy atom. The lowest BCUT2D eigenvalue weighted by Gasteiger charge is -2.29. The molecule has 1 N–H and O–H groups in total. The maximum absolute atomic E-state index is 5.66. The Balaban J connectivity index is 1.98. The van der Waals surface area contributed by atoms with Gasteiger partial charge in [0.1, 0.15) is 0 Å². The summed E-state index contributed by atoms with van der Waals surface area (Å²) >= 11 is 5.66. The summed E-state index contributed by atoms with van der Waals surface area (Å²) in [5.74, 6) is 0. The largest absolute Gasteiger partial charge is 0.385 e. The molecule has 5 nitrogen and oxygen atoms in total. The van der Waals surface area contributed by atoms with Gasteiger partial charge in [-0.25, -0.2) is 0 Å². The zero-order valence-corrected chi connectivity index (χ0v) is 15.9. The first-order chi connectivity index (χ1) is 12.1. The van der Waals surface area contributed by atoms with Crippen LogP contribution in [0.3, 0.4) is 0 Å². The minimum absolute atomic E-state index is 0.0450. The van der Waals surface area contributed by atoms with Crippen LogP contribution in [0.1, 0.15) is 49.8 Å². The van der Waals surface area contributed by atoms with E-state index in [-0.39, 0.29) is 12.1 Å². The van der Waals surface area contributed by atoms with Gasteiger partial charge in [0.25, 0.3) is 0 Å². The number of rotatable bonds is 7. The highest BCUT2D eigenvalue weighted by Gasteiger charge is 2.40. The Morgan fingerprint density at radius 1 is 1.28 bits per heavy atom. The summed E-state index contributed by atoms with van der Waals surface area (Å²) in [7, 11) is 1.73. The van der Waals surface area contributed by atoms with Gasteiger partial charge in [0, 0.05) is 44.4 Å². The number of pyridine rings is 1. The van der Waals surface area contributed by atoms with Gasteiger partial charge in [0.2, 0.25) is 0 Å². The van der Waals surface area contributed by atoms with Crippen LogP contribution in [-0.4, -0.2) is 39.8 Å². The minimum atomic E-state index is 0.0450. The molecule has 134 valence electrons. The van der Waals surface area contributed by atoms with Crippen molar-refractivity contribution in [3.05, 3.63) is 54.1 Å². The Morgan fingerprint density at radius 3 is 2.80 bits per heavy atom. The third-order valence-electron chi connectivity index (χ3n) is 4.62. The summed E-state index contributed by atoms with van der Waals surface area (Å²) < 4.78 is 7.55. The number of aromatic nitrogens is 2. The normalized spacial score (nSPS) is 20.3. The van der Waals surface area contributed by atoms with E-state index in [4.69, 9.17) is 17.0 Å². The molecule has 1 aliphatic rings. The molecule has 2 atom stereocenters. The molecule has 0 amide bonds. The number of ether oxygens (including phenoxy) is 1. The van der Waals surface area contributed by atoms with E-state index in [1.54, 1.807) is 7.11 Å². The zero-order chi connectivity index (χ0) is 17.8. The zero-order valence-electron chi connectivity index (χ0n) is 15.1. The Labute approximate surface area is 155 Å². The smallest absolute Gasteiger partial charge is 0.170 e. The molecule has 0 bridgehead atoms. The van der Waals surface area contributed by atoms with Crippen LogP contribution in [-0.2, 0) is 4.74 Å². The van der Waals surface area contributed by atoms with E-state index in [1.165, 1.54) is 5.69 Å². The van der Waals surface area contributed by atoms with Crippen molar-refractivity contribution in [2.75, 3.05) is 20.3 Å². The van der Waals surface area contributed by atoms with Crippen molar-refractivity contribution in [1.82, 2.24) is 19.8 Å². The summed E-state index contributed by atoms with van der Waals surface area (Å²) in [5, 5.41) is 4.28. The van der Waals surface area contributed by atoms with Gasteiger partial charge < -0.3 is 19.5 Å². The van der Waals surface area contributed by atoms with Crippen LogP contribution in [0.2, 0.25) is 0 Å². The lowest BCUT2D eigenvalue weighted by Crippen LogP contribution is -2.32. The van der Waals surface area contributed by atoms with Crippen LogP contribution in [0, 0.1) is 0 Å². The maximum atomic E-state index is 5.66. The van der Waals surface area contributed by atoms with E-state index in [0.717, 1.165) is 30.4 Å². The third kappa shape index (κ3) is 3.70. The molecule has 3 heterocycles. The molecule has 0 spiro atoms. The van der Waals surface area contributed by atoms with Gasteiger partial charge in [-0.05, 0) is 56.8 Å². The molecule has 1 aliphatic heterocycles. The average molecular weight is 359 g/mol. The molecule has 2 aromatic rings. The predicted molar refractivity (Wildman–Crippen MR) is 103 cm³/mol. The SMILES string of the molecule is COCCCN1C(=S)N[C@H](c2ccccn2)[C@@H]1c1cccn1C(C)C. The monoisotopic (exact) mass is 358 g/mol. The van der Waals surface area contributed by atoms with Gasteiger partial charge in [-0.2, -0.15) is 0 Å². The highest BCUT2D eigenvalue weighted by atomic mass is 32.1. The predicted octanol–water partition coefficient (Wildman–Crippen LogP) is 3.47. The molecule has 3 rings (SSSR count). The first-order valence-corrected chi connectivity index (χ1v) is 9.18. The minimum Gasteiger partial charge on any atom is -0.385 e. The van der Waals surface area contributed by atoms with Crippen molar-refractivity contribution in [2.24, 2.45) is 0 Å². The van der Waals surface area contributed by atoms with Crippen molar-refractivity contribution in [1.29, 1.82) is 0 Å². The van der Waals surface area contributed by atoms with Crippen LogP contribution in [0.15, 0.2) is 42.7 Å². The lowest BCUT2D eigenvalue weighted by atomic mass is 10.0. The second kappa shape index (κ2) is 7.97. The van der Waals surface area contributed by atoms with Gasteiger partial charge >= 0.3 is 0 Å². The fourth-order valence-corrected chi connectivity index (χ4v) is 3.81. The molecule has 0 radical (unpaired) electrons. The van der Waals surface area contributed by atoms with Gasteiger partial charge in [0.05, 0.1) is 17.8 Å². The van der Waals surface area contributed by atoms with E-state index in [2.05, 4.69) is 58.0 Å². The topological polar surface area (TPSA) is 42.3 Å². The Bertz CT molecular complexity index is 700. The van der Waals surface area contributed by atoms with Crippen molar-refractivity contribution in [3.8, 4) is 0 Å². The molecular formula is C19H26N4OS. The van der Waals surface area contributed by atoms with Crippen molar-refractivity contribution in [2.45, 2.75) is 38.4 Å². The number of nitrogens with one attached hydrogen (secondary N) is 1. The first kappa shape index (κ1) is 17.9. The molecule has 6 heteroatoms. The highest BCUT2D eigenvalue weighted by Crippen LogP contribution is 2.39. The molecule has 2 aromatic heterocycles. The maximum Gasteiger partial charge on any atom is 0.170 e. The third-order valence-corrected chi connectivity index (χ3v) is 4.97. The first-order valence-electron chi connectivity index (χ1n) is 8.77. The van der Waals surface area contributed by atoms with E-state index in [9.17, 15) is 0 Å². The highest BCUT2D eigenvalue weighted by molar-refractivity contribution is 7.80. The summed E-state index contributed by atoms with van der Waals surface area (Å²) in [6.45, 7) is 5.99. The Hall–Kier alpha value is -1.92. The van der Waals surface area contributed by atoms with E-state index in [1.807, 2.05) is 18.3 Å². The van der Waals surface area contributed by atoms with Gasteiger partial charge in [-0.15, -0.1) is 0 Å². The summed E-state index contributed by atoms with van der Waals surface area (Å²) in [4.78, 5) is 6.86. The van der Waals surface area contributed by atoms with Crippen LogP contribution in [0.5, 0.6) is 0 Å². The number of hydrogen-bond acceptors (Lipinski definition) is 3. The summed E-state index contributed by atoms with van der Waals surface area (Å²) in [6, 6.07) is 10.9. The second-order valence-corrected chi connectivity index (χ2v) is 6.99. The quantitative estimate of drug-likeness (QED) is 0.606. The van der Waals surface area contributed by atoms with Crippen LogP contribution >= 0.6 is 12.2 Å². The van der Waals surface area contributed by atoms with E-state index >= 15 is 0 Å². The molecule has 1 saturated heterocycles. The molecule has 0 unspecified atom stereocenters. The standard InChI is InChI=1S/C19H26N4OS/c1-14(2)22-11-6-9-16(22)18-17(15-8-4-5-10-20-15)21-19(25)23(18)12-7-13-24-3/h4-6,8-11,14,17-18H,7,12-13H2,1-3H3,(H,21,25)/t17-,18+/m1/s1. The molecule has 0 aromatic carbocycles. The lowest BCUT2D eigenvalue weighted by molar-refractivity contribution is 0.179. The Kier molecular flexibility index (Phi) is 5.71. The molecule has 0 saturated carbocycles. The summed E-state index contributed by atoms with van der Waals surface area (Å²) in [6.07, 6.45) is 4.92. The van der Waals surface area contributed by atoms with Gasteiger partial charge in [-0.3, -0.25) is 4.98 Å². The van der Waals surface area contributed by atoms with E-state index < -0.39 is 0 Å². The van der Waals surface area contributed by atoms with Crippen molar-refractivity contribution in [3.63, 3.8) is 0 Å². The van der Waals surface area contributed by atoms with Crippen molar-refractivity contribution >= 4 is 17.3 Å². The molecule has 0 aliphatic carbocycles. The fraction of sp³-hybridized carbons (Fsp3) is 0.474. The second-order valence-electron chi connectivity index (χ2n) is 6.60. The molecule has 25 heavy (non-hydrogen) atoms. The van der Waals surface area contributed by atoms with Crippen LogP contribution in [0.4, 0.5) is 0 Å². The number of methoxy groups -OCH3 is 1. The molecule has 1 fully saturated rings. The van der Waals surface area contributed by atoms with Crippen molar-refractivity contribution < 1.29 is 4.74 Å². The average Bonchev–Trinajstić information content (AvgIpc) is 3.21. The molecular weight excluding hydrogens is 332 g/mol. The van der Waals surface area contributed by atoms with E-state index in [0.29, 0.717) is 6.04 Å². The number of thiocarbonyl (C=S) groups is 1. The fourth-order valence-electron chi connectivity index (χ4n) is 3.48. The number of hydrogen-bond donors (Lipinski definition) is 1. The van der Waals surface area contributed by atoms with Gasteiger partial charge in [-0.1, -0.05) is 6.07 Å². The van der Waals surface area contributed by atoms with Crippen LogP contribution in [0.25, 0.3) is 0 Å². The van der Waals surface area contributed by atoms with Gasteiger partial charge in [0.15, 0.2) is 5.11 Å². The van der Waals surface area contributed by atoms with Crippen LogP contribution < -0.4 is 5.32 Å². The number of nitrogens with zero attached hydrogens (tertiary/aromatic N) is 3.